The van der Waals surface area contributed by atoms with Gasteiger partial charge in [0, 0.05) is 6.07 Å². The van der Waals surface area contributed by atoms with E-state index in [1.807, 2.05) is 30.3 Å². The third-order valence-corrected chi connectivity index (χ3v) is 3.18. The van der Waals surface area contributed by atoms with E-state index in [1.54, 1.807) is 25.3 Å². The average Bonchev–Trinajstić information content (AvgIpc) is 2.60. The van der Waals surface area contributed by atoms with Crippen molar-refractivity contribution in [3.63, 3.8) is 0 Å². The number of anilines is 1. The van der Waals surface area contributed by atoms with E-state index in [9.17, 15) is 4.79 Å². The number of carbonyl (C=O) groups excluding carboxylic acids is 1. The molecule has 23 heavy (non-hydrogen) atoms. The van der Waals surface area contributed by atoms with E-state index in [-0.39, 0.29) is 11.0 Å². The number of hydrogen-bond acceptors (Lipinski definition) is 5. The van der Waals surface area contributed by atoms with Crippen LogP contribution in [0.15, 0.2) is 48.5 Å². The lowest BCUT2D eigenvalue weighted by Crippen LogP contribution is -2.42. The van der Waals surface area contributed by atoms with Crippen molar-refractivity contribution >= 4 is 28.9 Å². The second kappa shape index (κ2) is 8.00. The molecule has 120 valence electrons. The fourth-order valence-electron chi connectivity index (χ4n) is 1.84. The third-order valence-electron chi connectivity index (χ3n) is 2.97. The molecule has 0 aliphatic carbocycles. The zero-order valence-corrected chi connectivity index (χ0v) is 13.6. The molecule has 6 nitrogen and oxygen atoms in total. The molecule has 2 aromatic rings. The molecule has 0 saturated heterocycles. The highest BCUT2D eigenvalue weighted by atomic mass is 32.1. The van der Waals surface area contributed by atoms with E-state index >= 15 is 0 Å². The van der Waals surface area contributed by atoms with Crippen molar-refractivity contribution in [3.05, 3.63) is 54.1 Å². The summed E-state index contributed by atoms with van der Waals surface area (Å²) in [4.78, 5) is 12.3. The maximum absolute atomic E-state index is 12.3. The standard InChI is InChI=1S/C16H17N3O3S/c1-21-12-8-9-13(14(10-12)22-2)15(20)17-16(23)19-18-11-6-4-3-5-7-11/h3-10,18H,1-2H3,(H2,17,19,20,23). The van der Waals surface area contributed by atoms with Gasteiger partial charge in [-0.25, -0.2) is 0 Å². The van der Waals surface area contributed by atoms with Crippen molar-refractivity contribution < 1.29 is 14.3 Å². The molecule has 0 aromatic heterocycles. The Balaban J connectivity index is 1.97. The van der Waals surface area contributed by atoms with Crippen LogP contribution in [0.25, 0.3) is 0 Å². The van der Waals surface area contributed by atoms with E-state index < -0.39 is 0 Å². The maximum atomic E-state index is 12.3. The average molecular weight is 331 g/mol. The molecule has 2 rings (SSSR count). The van der Waals surface area contributed by atoms with Crippen LogP contribution < -0.4 is 25.6 Å². The van der Waals surface area contributed by atoms with E-state index in [4.69, 9.17) is 21.7 Å². The van der Waals surface area contributed by atoms with Crippen LogP contribution in [0.4, 0.5) is 5.69 Å². The Bertz CT molecular complexity index is 692. The molecule has 3 N–H and O–H groups in total. The molecule has 0 saturated carbocycles. The van der Waals surface area contributed by atoms with Crippen molar-refractivity contribution in [1.82, 2.24) is 10.7 Å². The number of methoxy groups -OCH3 is 2. The molecule has 0 aliphatic rings. The van der Waals surface area contributed by atoms with Crippen LogP contribution in [0.5, 0.6) is 11.5 Å². The van der Waals surface area contributed by atoms with Gasteiger partial charge in [-0.15, -0.1) is 0 Å². The molecule has 0 unspecified atom stereocenters. The lowest BCUT2D eigenvalue weighted by atomic mass is 10.2. The number of para-hydroxylation sites is 1. The maximum Gasteiger partial charge on any atom is 0.261 e. The highest BCUT2D eigenvalue weighted by Gasteiger charge is 2.14. The van der Waals surface area contributed by atoms with Gasteiger partial charge in [0.25, 0.3) is 5.91 Å². The first kappa shape index (κ1) is 16.6. The summed E-state index contributed by atoms with van der Waals surface area (Å²) in [6.45, 7) is 0. The fraction of sp³-hybridized carbons (Fsp3) is 0.125. The minimum Gasteiger partial charge on any atom is -0.497 e. The number of ether oxygens (including phenoxy) is 2. The lowest BCUT2D eigenvalue weighted by molar-refractivity contribution is 0.0974. The summed E-state index contributed by atoms with van der Waals surface area (Å²) in [5, 5.41) is 2.73. The van der Waals surface area contributed by atoms with E-state index in [2.05, 4.69) is 16.2 Å². The molecule has 0 spiro atoms. The summed E-state index contributed by atoms with van der Waals surface area (Å²) in [6, 6.07) is 14.3. The van der Waals surface area contributed by atoms with Crippen LogP contribution in [-0.4, -0.2) is 25.2 Å². The fourth-order valence-corrected chi connectivity index (χ4v) is 1.98. The van der Waals surface area contributed by atoms with Gasteiger partial charge in [-0.3, -0.25) is 21.0 Å². The van der Waals surface area contributed by atoms with Crippen molar-refractivity contribution in [2.45, 2.75) is 0 Å². The minimum absolute atomic E-state index is 0.150. The smallest absolute Gasteiger partial charge is 0.261 e. The van der Waals surface area contributed by atoms with Crippen LogP contribution in [0.2, 0.25) is 0 Å². The number of hydrazine groups is 1. The molecule has 0 heterocycles. The molecule has 7 heteroatoms. The Morgan fingerprint density at radius 2 is 1.78 bits per heavy atom. The van der Waals surface area contributed by atoms with Crippen molar-refractivity contribution in [3.8, 4) is 11.5 Å². The molecule has 0 radical (unpaired) electrons. The van der Waals surface area contributed by atoms with Gasteiger partial charge in [-0.2, -0.15) is 0 Å². The van der Waals surface area contributed by atoms with Crippen LogP contribution >= 0.6 is 12.2 Å². The Labute approximate surface area is 139 Å². The van der Waals surface area contributed by atoms with Gasteiger partial charge >= 0.3 is 0 Å². The molecule has 1 amide bonds. The number of hydrogen-bond donors (Lipinski definition) is 3. The largest absolute Gasteiger partial charge is 0.497 e. The topological polar surface area (TPSA) is 71.6 Å². The third kappa shape index (κ3) is 4.58. The summed E-state index contributed by atoms with van der Waals surface area (Å²) in [5.41, 5.74) is 6.82. The molecule has 0 fully saturated rings. The minimum atomic E-state index is -0.378. The lowest BCUT2D eigenvalue weighted by Gasteiger charge is -2.13. The summed E-state index contributed by atoms with van der Waals surface area (Å²) in [7, 11) is 3.03. The summed E-state index contributed by atoms with van der Waals surface area (Å²) < 4.78 is 10.3. The second-order valence-electron chi connectivity index (χ2n) is 4.47. The quantitative estimate of drug-likeness (QED) is 0.577. The molecular formula is C16H17N3O3S. The first-order valence-electron chi connectivity index (χ1n) is 6.78. The van der Waals surface area contributed by atoms with Crippen LogP contribution in [-0.2, 0) is 0 Å². The van der Waals surface area contributed by atoms with Gasteiger partial charge in [-0.1, -0.05) is 18.2 Å². The molecular weight excluding hydrogens is 314 g/mol. The Kier molecular flexibility index (Phi) is 5.76. The molecule has 0 atom stereocenters. The summed E-state index contributed by atoms with van der Waals surface area (Å²) in [5.74, 6) is 0.627. The number of amides is 1. The molecule has 2 aromatic carbocycles. The zero-order chi connectivity index (χ0) is 16.7. The van der Waals surface area contributed by atoms with Crippen LogP contribution in [0, 0.1) is 0 Å². The van der Waals surface area contributed by atoms with E-state index in [1.165, 1.54) is 7.11 Å². The zero-order valence-electron chi connectivity index (χ0n) is 12.8. The van der Waals surface area contributed by atoms with Crippen molar-refractivity contribution in [2.24, 2.45) is 0 Å². The number of thiocarbonyl (C=S) groups is 1. The molecule has 0 aliphatic heterocycles. The second-order valence-corrected chi connectivity index (χ2v) is 4.87. The van der Waals surface area contributed by atoms with Crippen LogP contribution in [0.3, 0.4) is 0 Å². The summed E-state index contributed by atoms with van der Waals surface area (Å²) >= 11 is 5.09. The Hall–Kier alpha value is -2.80. The monoisotopic (exact) mass is 331 g/mol. The van der Waals surface area contributed by atoms with Crippen molar-refractivity contribution in [1.29, 1.82) is 0 Å². The Morgan fingerprint density at radius 1 is 1.04 bits per heavy atom. The van der Waals surface area contributed by atoms with Crippen molar-refractivity contribution in [2.75, 3.05) is 19.6 Å². The van der Waals surface area contributed by atoms with Gasteiger partial charge in [0.15, 0.2) is 5.11 Å². The first-order chi connectivity index (χ1) is 11.1. The number of nitrogens with one attached hydrogen (secondary N) is 3. The van der Waals surface area contributed by atoms with E-state index in [0.29, 0.717) is 17.1 Å². The normalized spacial score (nSPS) is 9.65. The van der Waals surface area contributed by atoms with Crippen LogP contribution in [0.1, 0.15) is 10.4 Å². The SMILES string of the molecule is COc1ccc(C(=O)NC(=S)NNc2ccccc2)c(OC)c1. The highest BCUT2D eigenvalue weighted by Crippen LogP contribution is 2.24. The van der Waals surface area contributed by atoms with Gasteiger partial charge in [0.05, 0.1) is 25.5 Å². The summed E-state index contributed by atoms with van der Waals surface area (Å²) in [6.07, 6.45) is 0. The predicted octanol–water partition coefficient (Wildman–Crippen LogP) is 2.34. The Morgan fingerprint density at radius 3 is 2.43 bits per heavy atom. The van der Waals surface area contributed by atoms with Gasteiger partial charge < -0.3 is 9.47 Å². The number of benzene rings is 2. The first-order valence-corrected chi connectivity index (χ1v) is 7.19. The number of carbonyl (C=O) groups is 1. The van der Waals surface area contributed by atoms with Gasteiger partial charge in [0.2, 0.25) is 0 Å². The predicted molar refractivity (Wildman–Crippen MR) is 92.8 cm³/mol. The molecule has 0 bridgehead atoms. The van der Waals surface area contributed by atoms with Gasteiger partial charge in [-0.05, 0) is 36.5 Å². The highest BCUT2D eigenvalue weighted by molar-refractivity contribution is 7.80. The van der Waals surface area contributed by atoms with E-state index in [0.717, 1.165) is 5.69 Å². The van der Waals surface area contributed by atoms with Gasteiger partial charge in [0.1, 0.15) is 11.5 Å². The number of rotatable bonds is 5.